The number of hydrogen-bond donors (Lipinski definition) is 1. The van der Waals surface area contributed by atoms with Gasteiger partial charge in [0.2, 0.25) is 5.91 Å². The summed E-state index contributed by atoms with van der Waals surface area (Å²) in [5.41, 5.74) is 1.89. The van der Waals surface area contributed by atoms with E-state index in [2.05, 4.69) is 0 Å². The molecule has 1 heterocycles. The number of aliphatic carboxylic acids is 1. The number of rotatable bonds is 7. The van der Waals surface area contributed by atoms with E-state index in [0.29, 0.717) is 12.3 Å². The first-order chi connectivity index (χ1) is 13.9. The van der Waals surface area contributed by atoms with Crippen molar-refractivity contribution in [1.82, 2.24) is 4.90 Å². The van der Waals surface area contributed by atoms with Gasteiger partial charge in [-0.05, 0) is 55.2 Å². The van der Waals surface area contributed by atoms with Gasteiger partial charge in [-0.3, -0.25) is 9.59 Å². The molecular formula is C23H26FNO4. The summed E-state index contributed by atoms with van der Waals surface area (Å²) in [6.07, 6.45) is 2.17. The monoisotopic (exact) mass is 399 g/mol. The molecule has 0 aromatic heterocycles. The second kappa shape index (κ2) is 9.54. The van der Waals surface area contributed by atoms with Gasteiger partial charge < -0.3 is 14.7 Å². The molecule has 0 bridgehead atoms. The number of hydrogen-bond acceptors (Lipinski definition) is 3. The maximum atomic E-state index is 13.1. The maximum absolute atomic E-state index is 13.1. The summed E-state index contributed by atoms with van der Waals surface area (Å²) in [5, 5.41) is 8.98. The van der Waals surface area contributed by atoms with Crippen molar-refractivity contribution >= 4 is 11.9 Å². The van der Waals surface area contributed by atoms with Gasteiger partial charge in [0.25, 0.3) is 0 Å². The molecule has 29 heavy (non-hydrogen) atoms. The van der Waals surface area contributed by atoms with Crippen molar-refractivity contribution in [3.8, 4) is 5.75 Å². The summed E-state index contributed by atoms with van der Waals surface area (Å²) in [7, 11) is 0. The van der Waals surface area contributed by atoms with Crippen molar-refractivity contribution in [2.45, 2.75) is 32.1 Å². The summed E-state index contributed by atoms with van der Waals surface area (Å²) in [6, 6.07) is 13.7. The van der Waals surface area contributed by atoms with Crippen molar-refractivity contribution in [2.24, 2.45) is 5.92 Å². The van der Waals surface area contributed by atoms with Gasteiger partial charge in [0, 0.05) is 19.0 Å². The van der Waals surface area contributed by atoms with Gasteiger partial charge in [0.15, 0.2) is 0 Å². The molecule has 2 aromatic carbocycles. The van der Waals surface area contributed by atoms with Gasteiger partial charge in [-0.15, -0.1) is 0 Å². The van der Waals surface area contributed by atoms with E-state index in [1.165, 1.54) is 12.1 Å². The Kier molecular flexibility index (Phi) is 6.86. The normalized spacial score (nSPS) is 17.6. The van der Waals surface area contributed by atoms with Crippen molar-refractivity contribution in [3.05, 3.63) is 65.5 Å². The van der Waals surface area contributed by atoms with Gasteiger partial charge in [0.05, 0.1) is 12.3 Å². The molecular weight excluding hydrogens is 373 g/mol. The van der Waals surface area contributed by atoms with Gasteiger partial charge in [-0.25, -0.2) is 4.39 Å². The Balaban J connectivity index is 1.61. The van der Waals surface area contributed by atoms with Crippen LogP contribution in [0.3, 0.4) is 0 Å². The van der Waals surface area contributed by atoms with Crippen LogP contribution in [0.4, 0.5) is 4.39 Å². The van der Waals surface area contributed by atoms with Crippen LogP contribution >= 0.6 is 0 Å². The van der Waals surface area contributed by atoms with Crippen molar-refractivity contribution < 1.29 is 23.8 Å². The number of piperidine rings is 1. The van der Waals surface area contributed by atoms with E-state index >= 15 is 0 Å². The van der Waals surface area contributed by atoms with Crippen LogP contribution in [0.15, 0.2) is 48.5 Å². The Hall–Kier alpha value is -2.89. The number of carboxylic acids is 1. The average molecular weight is 399 g/mol. The minimum Gasteiger partial charge on any atom is -0.493 e. The second-order valence-electron chi connectivity index (χ2n) is 7.60. The number of carboxylic acid groups (broad SMARTS) is 1. The molecule has 154 valence electrons. The number of ether oxygens (including phenoxy) is 1. The molecule has 1 amide bonds. The van der Waals surface area contributed by atoms with Gasteiger partial charge in [0.1, 0.15) is 18.2 Å². The lowest BCUT2D eigenvalue weighted by atomic mass is 9.90. The quantitative estimate of drug-likeness (QED) is 0.767. The molecule has 1 fully saturated rings. The zero-order valence-corrected chi connectivity index (χ0v) is 16.5. The van der Waals surface area contributed by atoms with E-state index in [-0.39, 0.29) is 30.7 Å². The highest BCUT2D eigenvalue weighted by molar-refractivity contribution is 5.79. The third-order valence-corrected chi connectivity index (χ3v) is 5.29. The minimum atomic E-state index is -0.885. The molecule has 2 atom stereocenters. The molecule has 0 radical (unpaired) electrons. The van der Waals surface area contributed by atoms with Crippen LogP contribution in [0.5, 0.6) is 5.75 Å². The lowest BCUT2D eigenvalue weighted by molar-refractivity contribution is -0.142. The van der Waals surface area contributed by atoms with Crippen molar-refractivity contribution in [1.29, 1.82) is 0 Å². The Morgan fingerprint density at radius 1 is 1.24 bits per heavy atom. The fourth-order valence-electron chi connectivity index (χ4n) is 3.52. The lowest BCUT2D eigenvalue weighted by Crippen LogP contribution is -2.39. The molecule has 0 spiro atoms. The van der Waals surface area contributed by atoms with Crippen LogP contribution < -0.4 is 4.74 Å². The van der Waals surface area contributed by atoms with E-state index in [1.54, 1.807) is 19.1 Å². The lowest BCUT2D eigenvalue weighted by Gasteiger charge is -2.33. The maximum Gasteiger partial charge on any atom is 0.309 e. The third-order valence-electron chi connectivity index (χ3n) is 5.29. The van der Waals surface area contributed by atoms with Crippen LogP contribution in [0.2, 0.25) is 0 Å². The van der Waals surface area contributed by atoms with E-state index in [4.69, 9.17) is 9.84 Å². The molecule has 3 rings (SSSR count). The van der Waals surface area contributed by atoms with E-state index < -0.39 is 11.9 Å². The molecule has 6 heteroatoms. The zero-order valence-electron chi connectivity index (χ0n) is 16.5. The Labute approximate surface area is 170 Å². The Bertz CT molecular complexity index is 852. The first-order valence-electron chi connectivity index (χ1n) is 9.90. The molecule has 0 saturated carbocycles. The first-order valence-corrected chi connectivity index (χ1v) is 9.90. The summed E-state index contributed by atoms with van der Waals surface area (Å²) in [5.74, 6) is -0.869. The van der Waals surface area contributed by atoms with Crippen molar-refractivity contribution in [3.63, 3.8) is 0 Å². The number of benzene rings is 2. The molecule has 1 N–H and O–H groups in total. The third kappa shape index (κ3) is 5.79. The standard InChI is InChI=1S/C23H26FNO4/c1-16(23(27)28)15-29-21-6-2-4-18(13-21)19-5-3-11-25(14-19)22(26)12-17-7-9-20(24)10-8-17/h2,4,6-10,13,16,19H,3,5,11-12,14-15H2,1H3,(H,27,28). The SMILES string of the molecule is CC(COc1cccc(C2CCCN(C(=O)Cc3ccc(F)cc3)C2)c1)C(=O)O. The van der Waals surface area contributed by atoms with Crippen LogP contribution in [0, 0.1) is 11.7 Å². The smallest absolute Gasteiger partial charge is 0.309 e. The van der Waals surface area contributed by atoms with Gasteiger partial charge in [-0.1, -0.05) is 24.3 Å². The Morgan fingerprint density at radius 3 is 2.72 bits per heavy atom. The fourth-order valence-corrected chi connectivity index (χ4v) is 3.52. The number of carbonyl (C=O) groups excluding carboxylic acids is 1. The largest absolute Gasteiger partial charge is 0.493 e. The molecule has 2 unspecified atom stereocenters. The number of likely N-dealkylation sites (tertiary alicyclic amines) is 1. The average Bonchev–Trinajstić information content (AvgIpc) is 2.74. The van der Waals surface area contributed by atoms with Crippen LogP contribution in [0.1, 0.15) is 36.8 Å². The summed E-state index contributed by atoms with van der Waals surface area (Å²) >= 11 is 0. The predicted molar refractivity (Wildman–Crippen MR) is 107 cm³/mol. The van der Waals surface area contributed by atoms with E-state index in [1.807, 2.05) is 29.2 Å². The minimum absolute atomic E-state index is 0.0454. The number of carbonyl (C=O) groups is 2. The summed E-state index contributed by atoms with van der Waals surface area (Å²) in [4.78, 5) is 25.5. The topological polar surface area (TPSA) is 66.8 Å². The van der Waals surface area contributed by atoms with Crippen molar-refractivity contribution in [2.75, 3.05) is 19.7 Å². The molecule has 2 aromatic rings. The number of halogens is 1. The van der Waals surface area contributed by atoms with E-state index in [0.717, 1.165) is 30.5 Å². The fraction of sp³-hybridized carbons (Fsp3) is 0.391. The number of amides is 1. The predicted octanol–water partition coefficient (Wildman–Crippen LogP) is 3.87. The van der Waals surface area contributed by atoms with Gasteiger partial charge >= 0.3 is 5.97 Å². The number of nitrogens with zero attached hydrogens (tertiary/aromatic N) is 1. The molecule has 1 aliphatic rings. The van der Waals surface area contributed by atoms with Crippen LogP contribution in [-0.2, 0) is 16.0 Å². The molecule has 1 aliphatic heterocycles. The highest BCUT2D eigenvalue weighted by atomic mass is 19.1. The van der Waals surface area contributed by atoms with Crippen LogP contribution in [-0.4, -0.2) is 41.6 Å². The summed E-state index contributed by atoms with van der Waals surface area (Å²) < 4.78 is 18.7. The van der Waals surface area contributed by atoms with Crippen LogP contribution in [0.25, 0.3) is 0 Å². The van der Waals surface area contributed by atoms with Gasteiger partial charge in [-0.2, -0.15) is 0 Å². The highest BCUT2D eigenvalue weighted by Crippen LogP contribution is 2.29. The first kappa shape index (κ1) is 20.8. The zero-order chi connectivity index (χ0) is 20.8. The second-order valence-corrected chi connectivity index (χ2v) is 7.60. The Morgan fingerprint density at radius 2 is 2.00 bits per heavy atom. The van der Waals surface area contributed by atoms with E-state index in [9.17, 15) is 14.0 Å². The highest BCUT2D eigenvalue weighted by Gasteiger charge is 2.25. The summed E-state index contributed by atoms with van der Waals surface area (Å²) in [6.45, 7) is 3.08. The molecule has 5 nitrogen and oxygen atoms in total. The molecule has 1 saturated heterocycles. The molecule has 0 aliphatic carbocycles.